The first-order chi connectivity index (χ1) is 9.67. The van der Waals surface area contributed by atoms with Crippen LogP contribution in [0, 0.1) is 6.92 Å². The Balaban J connectivity index is 2.23. The second-order valence-electron chi connectivity index (χ2n) is 4.90. The summed E-state index contributed by atoms with van der Waals surface area (Å²) in [5, 5.41) is 0. The van der Waals surface area contributed by atoms with E-state index in [0.29, 0.717) is 0 Å². The predicted octanol–water partition coefficient (Wildman–Crippen LogP) is 2.91. The van der Waals surface area contributed by atoms with E-state index in [1.54, 1.807) is 7.11 Å². The van der Waals surface area contributed by atoms with Crippen LogP contribution in [0.2, 0.25) is 0 Å². The molecular weight excluding hydrogens is 252 g/mol. The summed E-state index contributed by atoms with van der Waals surface area (Å²) in [7, 11) is 1.68. The van der Waals surface area contributed by atoms with Crippen molar-refractivity contribution in [3.8, 4) is 5.75 Å². The number of hydrazine groups is 1. The van der Waals surface area contributed by atoms with E-state index in [4.69, 9.17) is 15.0 Å². The van der Waals surface area contributed by atoms with Crippen molar-refractivity contribution in [2.75, 3.05) is 7.11 Å². The van der Waals surface area contributed by atoms with E-state index >= 15 is 0 Å². The van der Waals surface area contributed by atoms with Crippen LogP contribution in [0.25, 0.3) is 0 Å². The zero-order valence-corrected chi connectivity index (χ0v) is 12.3. The molecule has 0 spiro atoms. The number of nitrogens with one attached hydrogen (secondary N) is 1. The van der Waals surface area contributed by atoms with Gasteiger partial charge >= 0.3 is 0 Å². The smallest absolute Gasteiger partial charge is 0.122 e. The minimum atomic E-state index is -0.0639. The molecule has 20 heavy (non-hydrogen) atoms. The first-order valence-corrected chi connectivity index (χ1v) is 6.86. The van der Waals surface area contributed by atoms with Crippen molar-refractivity contribution < 1.29 is 9.15 Å². The molecule has 0 saturated heterocycles. The first kappa shape index (κ1) is 14.6. The summed E-state index contributed by atoms with van der Waals surface area (Å²) in [6, 6.07) is 10.0. The highest BCUT2D eigenvalue weighted by molar-refractivity contribution is 5.38. The summed E-state index contributed by atoms with van der Waals surface area (Å²) in [6.07, 6.45) is 1.60. The number of hydrogen-bond donors (Lipinski definition) is 2. The highest BCUT2D eigenvalue weighted by atomic mass is 16.5. The van der Waals surface area contributed by atoms with Crippen molar-refractivity contribution in [2.24, 2.45) is 5.84 Å². The Hall–Kier alpha value is -1.78. The fourth-order valence-corrected chi connectivity index (χ4v) is 2.30. The molecule has 4 nitrogen and oxygen atoms in total. The molecule has 1 aromatic heterocycles. The van der Waals surface area contributed by atoms with Gasteiger partial charge < -0.3 is 9.15 Å². The highest BCUT2D eigenvalue weighted by Gasteiger charge is 2.17. The predicted molar refractivity (Wildman–Crippen MR) is 79.6 cm³/mol. The zero-order valence-electron chi connectivity index (χ0n) is 12.3. The molecule has 3 N–H and O–H groups in total. The van der Waals surface area contributed by atoms with Gasteiger partial charge in [0.2, 0.25) is 0 Å². The standard InChI is InChI=1S/C16H22N2O2/c1-4-13-6-8-16(20-13)14(18-17)10-12-9-11(2)5-7-15(12)19-3/h5-9,14,18H,4,10,17H2,1-3H3. The lowest BCUT2D eigenvalue weighted by Crippen LogP contribution is -2.29. The van der Waals surface area contributed by atoms with E-state index < -0.39 is 0 Å². The molecule has 0 aliphatic rings. The topological polar surface area (TPSA) is 60.4 Å². The van der Waals surface area contributed by atoms with Crippen molar-refractivity contribution in [1.82, 2.24) is 5.43 Å². The van der Waals surface area contributed by atoms with Gasteiger partial charge in [0.05, 0.1) is 13.2 Å². The summed E-state index contributed by atoms with van der Waals surface area (Å²) in [5.41, 5.74) is 5.14. The molecular formula is C16H22N2O2. The van der Waals surface area contributed by atoms with Crippen LogP contribution in [0.4, 0.5) is 0 Å². The van der Waals surface area contributed by atoms with E-state index in [1.807, 2.05) is 24.3 Å². The maximum atomic E-state index is 5.78. The monoisotopic (exact) mass is 274 g/mol. The second-order valence-corrected chi connectivity index (χ2v) is 4.90. The van der Waals surface area contributed by atoms with E-state index in [9.17, 15) is 0 Å². The Morgan fingerprint density at radius 2 is 2.10 bits per heavy atom. The van der Waals surface area contributed by atoms with Crippen LogP contribution in [-0.4, -0.2) is 7.11 Å². The summed E-state index contributed by atoms with van der Waals surface area (Å²) in [5.74, 6) is 8.38. The average Bonchev–Trinajstić information content (AvgIpc) is 2.93. The van der Waals surface area contributed by atoms with Crippen LogP contribution < -0.4 is 16.0 Å². The Morgan fingerprint density at radius 3 is 2.70 bits per heavy atom. The first-order valence-electron chi connectivity index (χ1n) is 6.86. The van der Waals surface area contributed by atoms with Gasteiger partial charge in [0.15, 0.2) is 0 Å². The Kier molecular flexibility index (Phi) is 4.82. The van der Waals surface area contributed by atoms with E-state index in [-0.39, 0.29) is 6.04 Å². The van der Waals surface area contributed by atoms with Gasteiger partial charge in [-0.25, -0.2) is 5.43 Å². The quantitative estimate of drug-likeness (QED) is 0.628. The van der Waals surface area contributed by atoms with Gasteiger partial charge in [0.25, 0.3) is 0 Å². The fourth-order valence-electron chi connectivity index (χ4n) is 2.30. The average molecular weight is 274 g/mol. The zero-order chi connectivity index (χ0) is 14.5. The van der Waals surface area contributed by atoms with E-state index in [0.717, 1.165) is 35.7 Å². The lowest BCUT2D eigenvalue weighted by atomic mass is 10.0. The van der Waals surface area contributed by atoms with Crippen molar-refractivity contribution in [3.63, 3.8) is 0 Å². The van der Waals surface area contributed by atoms with Gasteiger partial charge in [-0.15, -0.1) is 0 Å². The minimum Gasteiger partial charge on any atom is -0.496 e. The maximum absolute atomic E-state index is 5.78. The molecule has 4 heteroatoms. The van der Waals surface area contributed by atoms with Gasteiger partial charge in [-0.2, -0.15) is 0 Å². The Morgan fingerprint density at radius 1 is 1.30 bits per heavy atom. The largest absolute Gasteiger partial charge is 0.496 e. The van der Waals surface area contributed by atoms with Crippen molar-refractivity contribution in [3.05, 3.63) is 53.0 Å². The number of ether oxygens (including phenoxy) is 1. The molecule has 1 atom stereocenters. The summed E-state index contributed by atoms with van der Waals surface area (Å²) >= 11 is 0. The minimum absolute atomic E-state index is 0.0639. The molecule has 0 fully saturated rings. The third kappa shape index (κ3) is 3.21. The SMILES string of the molecule is CCc1ccc(C(Cc2cc(C)ccc2OC)NN)o1. The maximum Gasteiger partial charge on any atom is 0.122 e. The van der Waals surface area contributed by atoms with Crippen molar-refractivity contribution >= 4 is 0 Å². The van der Waals surface area contributed by atoms with Gasteiger partial charge in [-0.3, -0.25) is 5.84 Å². The normalized spacial score (nSPS) is 12.4. The molecule has 0 amide bonds. The Labute approximate surface area is 119 Å². The molecule has 0 aliphatic heterocycles. The third-order valence-electron chi connectivity index (χ3n) is 3.44. The van der Waals surface area contributed by atoms with Gasteiger partial charge in [-0.1, -0.05) is 24.6 Å². The number of rotatable bonds is 6. The molecule has 2 rings (SSSR count). The molecule has 1 unspecified atom stereocenters. The number of furan rings is 1. The van der Waals surface area contributed by atoms with Gasteiger partial charge in [0, 0.05) is 6.42 Å². The van der Waals surface area contributed by atoms with Crippen LogP contribution in [0.3, 0.4) is 0 Å². The van der Waals surface area contributed by atoms with Gasteiger partial charge in [-0.05, 0) is 37.1 Å². The number of benzene rings is 1. The third-order valence-corrected chi connectivity index (χ3v) is 3.44. The number of hydrogen-bond acceptors (Lipinski definition) is 4. The van der Waals surface area contributed by atoms with E-state index in [1.165, 1.54) is 5.56 Å². The summed E-state index contributed by atoms with van der Waals surface area (Å²) < 4.78 is 11.2. The number of methoxy groups -OCH3 is 1. The van der Waals surface area contributed by atoms with Crippen LogP contribution in [-0.2, 0) is 12.8 Å². The number of nitrogens with two attached hydrogens (primary N) is 1. The van der Waals surface area contributed by atoms with Crippen molar-refractivity contribution in [2.45, 2.75) is 32.7 Å². The molecule has 0 radical (unpaired) electrons. The summed E-state index contributed by atoms with van der Waals surface area (Å²) in [6.45, 7) is 4.13. The second kappa shape index (κ2) is 6.59. The van der Waals surface area contributed by atoms with Crippen molar-refractivity contribution in [1.29, 1.82) is 0 Å². The van der Waals surface area contributed by atoms with Crippen LogP contribution in [0.5, 0.6) is 5.75 Å². The van der Waals surface area contributed by atoms with E-state index in [2.05, 4.69) is 25.3 Å². The molecule has 1 heterocycles. The lowest BCUT2D eigenvalue weighted by molar-refractivity contribution is 0.383. The van der Waals surface area contributed by atoms with Crippen LogP contribution in [0.15, 0.2) is 34.7 Å². The lowest BCUT2D eigenvalue weighted by Gasteiger charge is -2.16. The summed E-state index contributed by atoms with van der Waals surface area (Å²) in [4.78, 5) is 0. The number of aryl methyl sites for hydroxylation is 2. The van der Waals surface area contributed by atoms with Crippen LogP contribution >= 0.6 is 0 Å². The molecule has 0 bridgehead atoms. The molecule has 1 aromatic carbocycles. The van der Waals surface area contributed by atoms with Gasteiger partial charge in [0.1, 0.15) is 17.3 Å². The fraction of sp³-hybridized carbons (Fsp3) is 0.375. The molecule has 0 saturated carbocycles. The highest BCUT2D eigenvalue weighted by Crippen LogP contribution is 2.26. The molecule has 2 aromatic rings. The molecule has 0 aliphatic carbocycles. The van der Waals surface area contributed by atoms with Crippen LogP contribution in [0.1, 0.15) is 35.6 Å². The Bertz CT molecular complexity index is 563. The molecule has 108 valence electrons.